The molecule has 0 spiro atoms. The molecule has 0 radical (unpaired) electrons. The number of ether oxygens (including phenoxy) is 1. The second-order valence-electron chi connectivity index (χ2n) is 13.5. The highest BCUT2D eigenvalue weighted by atomic mass is 35.5. The SMILES string of the molecule is COC(=O)N1C(=O)C2CC=C3C(CC4C(=O)N(c5cc(-c6sc7ccc(Cl)cc7c6C)nn5C)C(=O)C4(C)C3c3cccc(F)c3O)C2C1=O. The fraction of sp³-hybridized carbons (Fsp3) is 0.333. The summed E-state index contributed by atoms with van der Waals surface area (Å²) < 4.78 is 22.2. The van der Waals surface area contributed by atoms with Crippen LogP contribution in [0.15, 0.2) is 54.1 Å². The molecule has 1 N–H and O–H groups in total. The molecule has 6 unspecified atom stereocenters. The van der Waals surface area contributed by atoms with Gasteiger partial charge in [-0.3, -0.25) is 23.9 Å². The number of nitrogens with zero attached hydrogens (tertiary/aromatic N) is 4. The van der Waals surface area contributed by atoms with Gasteiger partial charge in [0.05, 0.1) is 35.2 Å². The molecule has 11 nitrogen and oxygen atoms in total. The third-order valence-electron chi connectivity index (χ3n) is 11.2. The van der Waals surface area contributed by atoms with Crippen molar-refractivity contribution in [2.75, 3.05) is 12.0 Å². The number of thiophene rings is 1. The number of anilines is 1. The molecule has 2 aliphatic heterocycles. The van der Waals surface area contributed by atoms with Gasteiger partial charge in [-0.25, -0.2) is 14.1 Å². The van der Waals surface area contributed by atoms with Crippen LogP contribution < -0.4 is 4.90 Å². The van der Waals surface area contributed by atoms with Gasteiger partial charge in [0.15, 0.2) is 11.6 Å². The van der Waals surface area contributed by atoms with E-state index in [4.69, 9.17) is 21.4 Å². The van der Waals surface area contributed by atoms with Gasteiger partial charge >= 0.3 is 6.09 Å². The number of phenols is 1. The number of benzene rings is 2. The Balaban J connectivity index is 1.26. The number of fused-ring (bicyclic) bond motifs is 5. The zero-order valence-electron chi connectivity index (χ0n) is 27.3. The van der Waals surface area contributed by atoms with E-state index in [1.54, 1.807) is 26.1 Å². The maximum absolute atomic E-state index is 15.0. The van der Waals surface area contributed by atoms with Crippen molar-refractivity contribution >= 4 is 68.6 Å². The van der Waals surface area contributed by atoms with Crippen molar-refractivity contribution in [2.24, 2.45) is 36.1 Å². The average molecular weight is 717 g/mol. The summed E-state index contributed by atoms with van der Waals surface area (Å²) in [5.74, 6) is -8.67. The van der Waals surface area contributed by atoms with Crippen molar-refractivity contribution in [3.8, 4) is 16.3 Å². The van der Waals surface area contributed by atoms with Crippen LogP contribution in [0.25, 0.3) is 20.7 Å². The van der Waals surface area contributed by atoms with Gasteiger partial charge in [-0.05, 0) is 67.8 Å². The highest BCUT2D eigenvalue weighted by molar-refractivity contribution is 7.22. The van der Waals surface area contributed by atoms with Crippen molar-refractivity contribution < 1.29 is 38.2 Å². The second kappa shape index (κ2) is 11.1. The van der Waals surface area contributed by atoms with Crippen LogP contribution >= 0.6 is 22.9 Å². The molecule has 14 heteroatoms. The van der Waals surface area contributed by atoms with Gasteiger partial charge in [0.2, 0.25) is 23.6 Å². The lowest BCUT2D eigenvalue weighted by atomic mass is 9.51. The predicted octanol–water partition coefficient (Wildman–Crippen LogP) is 6.11. The highest BCUT2D eigenvalue weighted by Crippen LogP contribution is 2.64. The van der Waals surface area contributed by atoms with E-state index < -0.39 is 76.3 Å². The summed E-state index contributed by atoms with van der Waals surface area (Å²) in [6.07, 6.45) is 0.719. The van der Waals surface area contributed by atoms with Crippen LogP contribution in [0.3, 0.4) is 0 Å². The van der Waals surface area contributed by atoms with E-state index in [1.165, 1.54) is 28.2 Å². The fourth-order valence-corrected chi connectivity index (χ4v) is 10.1. The van der Waals surface area contributed by atoms with Crippen molar-refractivity contribution in [3.63, 3.8) is 0 Å². The topological polar surface area (TPSA) is 139 Å². The highest BCUT2D eigenvalue weighted by Gasteiger charge is 2.68. The van der Waals surface area contributed by atoms with Crippen LogP contribution in [0.1, 0.15) is 36.8 Å². The van der Waals surface area contributed by atoms with Crippen molar-refractivity contribution in [1.29, 1.82) is 0 Å². The van der Waals surface area contributed by atoms with Gasteiger partial charge in [-0.2, -0.15) is 10.00 Å². The molecule has 2 aromatic heterocycles. The number of para-hydroxylation sites is 1. The Morgan fingerprint density at radius 2 is 1.86 bits per heavy atom. The Hall–Kier alpha value is -4.88. The van der Waals surface area contributed by atoms with E-state index in [9.17, 15) is 33.5 Å². The van der Waals surface area contributed by atoms with Crippen molar-refractivity contribution in [3.05, 3.63) is 76.1 Å². The predicted molar refractivity (Wildman–Crippen MR) is 181 cm³/mol. The number of rotatable bonds is 3. The number of phenolic OH excluding ortho intramolecular Hbond substituents is 1. The van der Waals surface area contributed by atoms with Gasteiger partial charge in [-0.15, -0.1) is 11.3 Å². The molecule has 2 aromatic carbocycles. The molecule has 5 amide bonds. The number of aromatic nitrogens is 2. The largest absolute Gasteiger partial charge is 0.505 e. The lowest BCUT2D eigenvalue weighted by Gasteiger charge is -2.49. The van der Waals surface area contributed by atoms with E-state index in [0.717, 1.165) is 38.6 Å². The Bertz CT molecular complexity index is 2260. The van der Waals surface area contributed by atoms with Gasteiger partial charge in [-0.1, -0.05) is 35.4 Å². The number of likely N-dealkylation sites (tertiary alicyclic amines) is 1. The van der Waals surface area contributed by atoms with E-state index >= 15 is 0 Å². The molecule has 3 fully saturated rings. The van der Waals surface area contributed by atoms with Gasteiger partial charge in [0.25, 0.3) is 0 Å². The van der Waals surface area contributed by atoms with E-state index in [1.807, 2.05) is 25.1 Å². The average Bonchev–Trinajstić information content (AvgIpc) is 3.76. The van der Waals surface area contributed by atoms with Crippen LogP contribution in [-0.4, -0.2) is 56.6 Å². The van der Waals surface area contributed by atoms with Crippen molar-refractivity contribution in [1.82, 2.24) is 14.7 Å². The van der Waals surface area contributed by atoms with Crippen LogP contribution in [0.5, 0.6) is 5.75 Å². The summed E-state index contributed by atoms with van der Waals surface area (Å²) in [4.78, 5) is 71.5. The van der Waals surface area contributed by atoms with Crippen LogP contribution in [-0.2, 0) is 31.0 Å². The quantitative estimate of drug-likeness (QED) is 0.198. The lowest BCUT2D eigenvalue weighted by molar-refractivity contribution is -0.138. The van der Waals surface area contributed by atoms with Crippen molar-refractivity contribution in [2.45, 2.75) is 32.6 Å². The summed E-state index contributed by atoms with van der Waals surface area (Å²) in [5.41, 5.74) is 0.587. The molecule has 0 bridgehead atoms. The minimum Gasteiger partial charge on any atom is -0.505 e. The lowest BCUT2D eigenvalue weighted by Crippen LogP contribution is -2.49. The molecule has 8 rings (SSSR count). The minimum absolute atomic E-state index is 0.00603. The number of carbonyl (C=O) groups excluding carboxylic acids is 5. The number of methoxy groups -OCH3 is 1. The Labute approximate surface area is 293 Å². The van der Waals surface area contributed by atoms with Crippen LogP contribution in [0.2, 0.25) is 5.02 Å². The first-order chi connectivity index (χ1) is 23.8. The van der Waals surface area contributed by atoms with Crippen LogP contribution in [0.4, 0.5) is 15.0 Å². The molecular formula is C36H30ClFN4O7S. The molecule has 1 saturated carbocycles. The zero-order valence-corrected chi connectivity index (χ0v) is 28.8. The number of allylic oxidation sites excluding steroid dienone is 2. The molecule has 6 atom stereocenters. The number of halogens is 2. The molecule has 256 valence electrons. The summed E-state index contributed by atoms with van der Waals surface area (Å²) in [7, 11) is 2.71. The first kappa shape index (κ1) is 32.3. The first-order valence-electron chi connectivity index (χ1n) is 16.0. The van der Waals surface area contributed by atoms with E-state index in [-0.39, 0.29) is 24.2 Å². The molecule has 2 saturated heterocycles. The number of hydrogen-bond donors (Lipinski definition) is 1. The molecular weight excluding hydrogens is 687 g/mol. The smallest absolute Gasteiger partial charge is 0.423 e. The monoisotopic (exact) mass is 716 g/mol. The number of hydrogen-bond acceptors (Lipinski definition) is 9. The second-order valence-corrected chi connectivity index (χ2v) is 15.0. The summed E-state index contributed by atoms with van der Waals surface area (Å²) in [6.45, 7) is 3.59. The Kier molecular flexibility index (Phi) is 7.15. The third-order valence-corrected chi connectivity index (χ3v) is 12.7. The number of imide groups is 4. The van der Waals surface area contributed by atoms with E-state index in [2.05, 4.69) is 0 Å². The van der Waals surface area contributed by atoms with E-state index in [0.29, 0.717) is 21.2 Å². The molecule has 50 heavy (non-hydrogen) atoms. The summed E-state index contributed by atoms with van der Waals surface area (Å²) in [6, 6.07) is 11.3. The summed E-state index contributed by atoms with van der Waals surface area (Å²) in [5, 5.41) is 17.4. The molecule has 4 aromatic rings. The Morgan fingerprint density at radius 3 is 2.60 bits per heavy atom. The maximum Gasteiger partial charge on any atom is 0.423 e. The third kappa shape index (κ3) is 4.19. The van der Waals surface area contributed by atoms with Gasteiger partial charge in [0, 0.05) is 34.3 Å². The normalized spacial score (nSPS) is 27.5. The standard InChI is InChI=1S/C36H30ClFN4O7S/c1-15-20-12-16(37)8-11-25(20)50-30(15)24-14-26(40(3)39-24)41-32(45)22-13-21-17(9-10-18-27(21)33(46)42(31(18)44)35(48)49-4)28(36(22,2)34(41)47)19-6-5-7-23(38)29(19)43/h5-9,11-12,14,18,21-22,27-28,43H,10,13H2,1-4H3. The maximum atomic E-state index is 15.0. The summed E-state index contributed by atoms with van der Waals surface area (Å²) >= 11 is 7.77. The molecule has 2 aliphatic carbocycles. The first-order valence-corrected chi connectivity index (χ1v) is 17.2. The van der Waals surface area contributed by atoms with Crippen LogP contribution in [0, 0.1) is 41.8 Å². The number of carbonyl (C=O) groups is 5. The fourth-order valence-electron chi connectivity index (χ4n) is 8.83. The minimum atomic E-state index is -1.53. The zero-order chi connectivity index (χ0) is 35.5. The molecule has 4 heterocycles. The van der Waals surface area contributed by atoms with Gasteiger partial charge < -0.3 is 9.84 Å². The number of amides is 5. The Morgan fingerprint density at radius 1 is 1.10 bits per heavy atom. The molecule has 4 aliphatic rings. The van der Waals surface area contributed by atoms with Gasteiger partial charge in [0.1, 0.15) is 11.5 Å². The number of aromatic hydroxyl groups is 1. The number of aryl methyl sites for hydroxylation is 2.